The molecular formula is C14H16N4O3. The highest BCUT2D eigenvalue weighted by molar-refractivity contribution is 6.00. The van der Waals surface area contributed by atoms with Crippen LogP contribution < -0.4 is 5.32 Å². The minimum absolute atomic E-state index is 0.0275. The second-order valence-corrected chi connectivity index (χ2v) is 5.32. The van der Waals surface area contributed by atoms with Crippen LogP contribution in [0.3, 0.4) is 0 Å². The van der Waals surface area contributed by atoms with Gasteiger partial charge in [-0.05, 0) is 25.7 Å². The summed E-state index contributed by atoms with van der Waals surface area (Å²) in [7, 11) is 0. The molecule has 3 rings (SSSR count). The lowest BCUT2D eigenvalue weighted by atomic mass is 9.86. The number of aliphatic carboxylic acids is 1. The monoisotopic (exact) mass is 288 g/mol. The number of fused-ring (bicyclic) bond motifs is 1. The number of hydrogen-bond acceptors (Lipinski definition) is 4. The van der Waals surface area contributed by atoms with Crippen LogP contribution >= 0.6 is 0 Å². The molecule has 0 spiro atoms. The molecule has 7 nitrogen and oxygen atoms in total. The summed E-state index contributed by atoms with van der Waals surface area (Å²) >= 11 is 0. The van der Waals surface area contributed by atoms with Gasteiger partial charge >= 0.3 is 5.97 Å². The fourth-order valence-corrected chi connectivity index (χ4v) is 2.76. The van der Waals surface area contributed by atoms with E-state index < -0.39 is 5.97 Å². The molecule has 0 radical (unpaired) electrons. The first kappa shape index (κ1) is 13.5. The Balaban J connectivity index is 1.66. The molecule has 2 aromatic rings. The summed E-state index contributed by atoms with van der Waals surface area (Å²) in [5.41, 5.74) is 1.15. The third-order valence-electron chi connectivity index (χ3n) is 3.98. The number of carbonyl (C=O) groups excluding carboxylic acids is 1. The molecule has 0 aromatic carbocycles. The van der Waals surface area contributed by atoms with Gasteiger partial charge in [0.05, 0.1) is 29.4 Å². The van der Waals surface area contributed by atoms with E-state index in [2.05, 4.69) is 15.4 Å². The molecular weight excluding hydrogens is 272 g/mol. The summed E-state index contributed by atoms with van der Waals surface area (Å²) in [5.74, 6) is -1.20. The Morgan fingerprint density at radius 1 is 1.24 bits per heavy atom. The number of carboxylic acid groups (broad SMARTS) is 1. The predicted molar refractivity (Wildman–Crippen MR) is 73.8 cm³/mol. The second kappa shape index (κ2) is 5.51. The SMILES string of the molecule is O=C(NC1CCC(C(=O)O)CC1)c1cnn2ccncc12. The molecule has 1 fully saturated rings. The standard InChI is InChI=1S/C14H16N4O3/c19-13(11-7-16-18-6-5-15-8-12(11)18)17-10-3-1-9(2-4-10)14(20)21/h5-10H,1-4H2,(H,17,19)(H,20,21). The Kier molecular flexibility index (Phi) is 3.55. The predicted octanol–water partition coefficient (Wildman–Crippen LogP) is 1.10. The van der Waals surface area contributed by atoms with Crippen molar-refractivity contribution in [1.82, 2.24) is 19.9 Å². The smallest absolute Gasteiger partial charge is 0.306 e. The largest absolute Gasteiger partial charge is 0.481 e. The maximum atomic E-state index is 12.3. The number of carboxylic acids is 1. The van der Waals surface area contributed by atoms with Crippen molar-refractivity contribution in [3.63, 3.8) is 0 Å². The second-order valence-electron chi connectivity index (χ2n) is 5.32. The number of nitrogens with zero attached hydrogens (tertiary/aromatic N) is 3. The summed E-state index contributed by atoms with van der Waals surface area (Å²) in [4.78, 5) is 27.2. The molecule has 1 aliphatic carbocycles. The van der Waals surface area contributed by atoms with Crippen LogP contribution in [0.15, 0.2) is 24.8 Å². The Morgan fingerprint density at radius 3 is 2.71 bits per heavy atom. The van der Waals surface area contributed by atoms with Crippen LogP contribution in [0.25, 0.3) is 5.52 Å². The minimum atomic E-state index is -0.742. The Bertz CT molecular complexity index is 674. The van der Waals surface area contributed by atoms with Gasteiger partial charge < -0.3 is 10.4 Å². The van der Waals surface area contributed by atoms with Crippen LogP contribution in [0.1, 0.15) is 36.0 Å². The zero-order valence-corrected chi connectivity index (χ0v) is 11.4. The van der Waals surface area contributed by atoms with Gasteiger partial charge in [0.2, 0.25) is 0 Å². The molecule has 0 unspecified atom stereocenters. The fraction of sp³-hybridized carbons (Fsp3) is 0.429. The van der Waals surface area contributed by atoms with Gasteiger partial charge in [-0.25, -0.2) is 4.52 Å². The zero-order valence-electron chi connectivity index (χ0n) is 11.4. The molecule has 110 valence electrons. The Hall–Kier alpha value is -2.44. The first-order valence-corrected chi connectivity index (χ1v) is 6.96. The minimum Gasteiger partial charge on any atom is -0.481 e. The fourth-order valence-electron chi connectivity index (χ4n) is 2.76. The highest BCUT2D eigenvalue weighted by Gasteiger charge is 2.27. The van der Waals surface area contributed by atoms with Gasteiger partial charge in [0, 0.05) is 18.4 Å². The maximum Gasteiger partial charge on any atom is 0.306 e. The summed E-state index contributed by atoms with van der Waals surface area (Å²) in [6.07, 6.45) is 9.02. The van der Waals surface area contributed by atoms with E-state index in [-0.39, 0.29) is 17.9 Å². The van der Waals surface area contributed by atoms with E-state index in [1.54, 1.807) is 23.1 Å². The van der Waals surface area contributed by atoms with Crippen LogP contribution in [-0.4, -0.2) is 37.6 Å². The van der Waals surface area contributed by atoms with Gasteiger partial charge in [0.15, 0.2) is 0 Å². The third kappa shape index (κ3) is 2.72. The number of rotatable bonds is 3. The Morgan fingerprint density at radius 2 is 2.00 bits per heavy atom. The molecule has 21 heavy (non-hydrogen) atoms. The lowest BCUT2D eigenvalue weighted by molar-refractivity contribution is -0.142. The van der Waals surface area contributed by atoms with Gasteiger partial charge in [0.25, 0.3) is 5.91 Å². The quantitative estimate of drug-likeness (QED) is 0.881. The molecule has 2 aromatic heterocycles. The van der Waals surface area contributed by atoms with E-state index in [4.69, 9.17) is 5.11 Å². The van der Waals surface area contributed by atoms with Gasteiger partial charge in [-0.3, -0.25) is 14.6 Å². The molecule has 0 aliphatic heterocycles. The van der Waals surface area contributed by atoms with E-state index in [0.29, 0.717) is 36.8 Å². The molecule has 1 saturated carbocycles. The highest BCUT2D eigenvalue weighted by atomic mass is 16.4. The van der Waals surface area contributed by atoms with Crippen molar-refractivity contribution in [1.29, 1.82) is 0 Å². The van der Waals surface area contributed by atoms with Crippen LogP contribution in [0.4, 0.5) is 0 Å². The molecule has 0 bridgehead atoms. The number of hydrogen-bond donors (Lipinski definition) is 2. The molecule has 7 heteroatoms. The number of aromatic nitrogens is 3. The molecule has 2 heterocycles. The van der Waals surface area contributed by atoms with E-state index in [0.717, 1.165) is 0 Å². The van der Waals surface area contributed by atoms with Crippen molar-refractivity contribution in [3.8, 4) is 0 Å². The van der Waals surface area contributed by atoms with Crippen LogP contribution in [0.5, 0.6) is 0 Å². The first-order valence-electron chi connectivity index (χ1n) is 6.96. The maximum absolute atomic E-state index is 12.3. The molecule has 2 N–H and O–H groups in total. The summed E-state index contributed by atoms with van der Waals surface area (Å²) < 4.78 is 1.60. The van der Waals surface area contributed by atoms with Crippen molar-refractivity contribution in [2.24, 2.45) is 5.92 Å². The summed E-state index contributed by atoms with van der Waals surface area (Å²) in [6, 6.07) is 0.0275. The topological polar surface area (TPSA) is 96.6 Å². The van der Waals surface area contributed by atoms with E-state index >= 15 is 0 Å². The number of carbonyl (C=O) groups is 2. The summed E-state index contributed by atoms with van der Waals surface area (Å²) in [5, 5.41) is 16.0. The van der Waals surface area contributed by atoms with Crippen LogP contribution in [0, 0.1) is 5.92 Å². The van der Waals surface area contributed by atoms with Crippen LogP contribution in [0.2, 0.25) is 0 Å². The van der Waals surface area contributed by atoms with Crippen molar-refractivity contribution in [2.45, 2.75) is 31.7 Å². The highest BCUT2D eigenvalue weighted by Crippen LogP contribution is 2.24. The third-order valence-corrected chi connectivity index (χ3v) is 3.98. The van der Waals surface area contributed by atoms with Crippen molar-refractivity contribution >= 4 is 17.4 Å². The van der Waals surface area contributed by atoms with E-state index in [1.807, 2.05) is 0 Å². The van der Waals surface area contributed by atoms with Gasteiger partial charge in [-0.2, -0.15) is 5.10 Å². The Labute approximate surface area is 121 Å². The molecule has 1 amide bonds. The molecule has 1 aliphatic rings. The zero-order chi connectivity index (χ0) is 14.8. The van der Waals surface area contributed by atoms with Gasteiger partial charge in [-0.1, -0.05) is 0 Å². The molecule has 0 atom stereocenters. The number of nitrogens with one attached hydrogen (secondary N) is 1. The average molecular weight is 288 g/mol. The number of amides is 1. The normalized spacial score (nSPS) is 22.1. The lowest BCUT2D eigenvalue weighted by Crippen LogP contribution is -2.38. The van der Waals surface area contributed by atoms with Gasteiger partial charge in [-0.15, -0.1) is 0 Å². The van der Waals surface area contributed by atoms with Crippen molar-refractivity contribution in [3.05, 3.63) is 30.4 Å². The molecule has 0 saturated heterocycles. The van der Waals surface area contributed by atoms with Crippen molar-refractivity contribution in [2.75, 3.05) is 0 Å². The van der Waals surface area contributed by atoms with Crippen molar-refractivity contribution < 1.29 is 14.7 Å². The first-order chi connectivity index (χ1) is 10.1. The van der Waals surface area contributed by atoms with E-state index in [9.17, 15) is 9.59 Å². The van der Waals surface area contributed by atoms with E-state index in [1.165, 1.54) is 6.20 Å². The van der Waals surface area contributed by atoms with Gasteiger partial charge in [0.1, 0.15) is 0 Å². The lowest BCUT2D eigenvalue weighted by Gasteiger charge is -2.26. The average Bonchev–Trinajstić information content (AvgIpc) is 2.92. The summed E-state index contributed by atoms with van der Waals surface area (Å²) in [6.45, 7) is 0. The van der Waals surface area contributed by atoms with Crippen LogP contribution in [-0.2, 0) is 4.79 Å².